The first-order valence-corrected chi connectivity index (χ1v) is 11.9. The predicted octanol–water partition coefficient (Wildman–Crippen LogP) is 2.42. The van der Waals surface area contributed by atoms with Gasteiger partial charge in [-0.1, -0.05) is 42.5 Å². The lowest BCUT2D eigenvalue weighted by molar-refractivity contribution is 0.198. The van der Waals surface area contributed by atoms with Gasteiger partial charge in [-0.2, -0.15) is 0 Å². The van der Waals surface area contributed by atoms with E-state index in [2.05, 4.69) is 50.9 Å². The van der Waals surface area contributed by atoms with Crippen molar-refractivity contribution in [1.82, 2.24) is 15.5 Å². The third kappa shape index (κ3) is 6.58. The fourth-order valence-corrected chi connectivity index (χ4v) is 4.14. The van der Waals surface area contributed by atoms with E-state index in [4.69, 9.17) is 0 Å². The highest BCUT2D eigenvalue weighted by Crippen LogP contribution is 2.14. The summed E-state index contributed by atoms with van der Waals surface area (Å²) in [6.07, 6.45) is 3.38. The van der Waals surface area contributed by atoms with Gasteiger partial charge in [-0.15, -0.1) is 0 Å². The van der Waals surface area contributed by atoms with Crippen molar-refractivity contribution in [3.8, 4) is 0 Å². The first kappa shape index (κ1) is 21.3. The monoisotopic (exact) mass is 414 g/mol. The lowest BCUT2D eigenvalue weighted by atomic mass is 10.0. The van der Waals surface area contributed by atoms with Crippen molar-refractivity contribution in [1.29, 1.82) is 0 Å². The number of hydrogen-bond donors (Lipinski definition) is 2. The Morgan fingerprint density at radius 3 is 2.28 bits per heavy atom. The number of piperidine rings is 1. The molecule has 0 atom stereocenters. The zero-order chi connectivity index (χ0) is 20.7. The number of benzene rings is 2. The maximum Gasteiger partial charge on any atom is 0.191 e. The Morgan fingerprint density at radius 1 is 1.03 bits per heavy atom. The third-order valence-corrected chi connectivity index (χ3v) is 6.34. The van der Waals surface area contributed by atoms with Gasteiger partial charge in [-0.05, 0) is 36.1 Å². The van der Waals surface area contributed by atoms with Crippen molar-refractivity contribution in [3.63, 3.8) is 0 Å². The van der Waals surface area contributed by atoms with Gasteiger partial charge in [0.05, 0.1) is 4.90 Å². The summed E-state index contributed by atoms with van der Waals surface area (Å²) in [5.41, 5.74) is 2.37. The normalized spacial score (nSPS) is 16.6. The number of sulfone groups is 1. The van der Waals surface area contributed by atoms with Gasteiger partial charge in [-0.25, -0.2) is 8.42 Å². The highest BCUT2D eigenvalue weighted by molar-refractivity contribution is 7.90. The van der Waals surface area contributed by atoms with Crippen LogP contribution in [0.1, 0.15) is 24.0 Å². The van der Waals surface area contributed by atoms with Crippen LogP contribution in [-0.2, 0) is 22.9 Å². The number of aliphatic imine (C=N–C) groups is 1. The molecule has 0 saturated carbocycles. The second-order valence-electron chi connectivity index (χ2n) is 7.52. The summed E-state index contributed by atoms with van der Waals surface area (Å²) in [5.74, 6) is 0.777. The average molecular weight is 415 g/mol. The summed E-state index contributed by atoms with van der Waals surface area (Å²) < 4.78 is 23.1. The van der Waals surface area contributed by atoms with Gasteiger partial charge in [0.2, 0.25) is 0 Å². The molecule has 0 spiro atoms. The minimum Gasteiger partial charge on any atom is -0.354 e. The number of guanidine groups is 1. The summed E-state index contributed by atoms with van der Waals surface area (Å²) >= 11 is 0. The molecular formula is C22H30N4O2S. The summed E-state index contributed by atoms with van der Waals surface area (Å²) in [4.78, 5) is 7.16. The Kier molecular flexibility index (Phi) is 7.28. The van der Waals surface area contributed by atoms with E-state index in [0.717, 1.165) is 44.0 Å². The molecule has 0 amide bonds. The van der Waals surface area contributed by atoms with Gasteiger partial charge in [0.1, 0.15) is 0 Å². The number of likely N-dealkylation sites (tertiary alicyclic amines) is 1. The molecule has 0 unspecified atom stereocenters. The van der Waals surface area contributed by atoms with E-state index in [-0.39, 0.29) is 0 Å². The fourth-order valence-electron chi connectivity index (χ4n) is 3.51. The Morgan fingerprint density at radius 2 is 1.69 bits per heavy atom. The molecule has 1 aliphatic heterocycles. The maximum atomic E-state index is 11.6. The van der Waals surface area contributed by atoms with Crippen LogP contribution in [0.3, 0.4) is 0 Å². The molecule has 0 aromatic heterocycles. The van der Waals surface area contributed by atoms with Gasteiger partial charge in [0.15, 0.2) is 15.8 Å². The van der Waals surface area contributed by atoms with Crippen LogP contribution in [0.5, 0.6) is 0 Å². The Hall–Kier alpha value is -2.38. The van der Waals surface area contributed by atoms with Crippen LogP contribution in [0.25, 0.3) is 0 Å². The molecule has 1 heterocycles. The van der Waals surface area contributed by atoms with E-state index in [1.165, 1.54) is 11.8 Å². The molecule has 0 radical (unpaired) electrons. The van der Waals surface area contributed by atoms with E-state index in [9.17, 15) is 8.42 Å². The fraction of sp³-hybridized carbons (Fsp3) is 0.409. The minimum atomic E-state index is -3.16. The Labute approximate surface area is 174 Å². The minimum absolute atomic E-state index is 0.339. The second kappa shape index (κ2) is 9.89. The zero-order valence-corrected chi connectivity index (χ0v) is 18.0. The van der Waals surface area contributed by atoms with Crippen LogP contribution >= 0.6 is 0 Å². The van der Waals surface area contributed by atoms with E-state index in [0.29, 0.717) is 17.5 Å². The number of nitrogens with zero attached hydrogens (tertiary/aromatic N) is 2. The summed E-state index contributed by atoms with van der Waals surface area (Å²) in [7, 11) is -1.39. The molecule has 7 heteroatoms. The van der Waals surface area contributed by atoms with Crippen molar-refractivity contribution < 1.29 is 8.42 Å². The van der Waals surface area contributed by atoms with E-state index >= 15 is 0 Å². The van der Waals surface area contributed by atoms with E-state index in [1.54, 1.807) is 19.2 Å². The quantitative estimate of drug-likeness (QED) is 0.561. The molecule has 1 fully saturated rings. The van der Waals surface area contributed by atoms with Gasteiger partial charge < -0.3 is 10.6 Å². The molecule has 156 valence electrons. The predicted molar refractivity (Wildman–Crippen MR) is 118 cm³/mol. The topological polar surface area (TPSA) is 73.8 Å². The molecule has 29 heavy (non-hydrogen) atoms. The summed E-state index contributed by atoms with van der Waals surface area (Å²) in [6, 6.07) is 18.0. The third-order valence-electron chi connectivity index (χ3n) is 5.21. The molecule has 6 nitrogen and oxygen atoms in total. The van der Waals surface area contributed by atoms with Crippen molar-refractivity contribution >= 4 is 15.8 Å². The average Bonchev–Trinajstić information content (AvgIpc) is 2.73. The highest BCUT2D eigenvalue weighted by atomic mass is 32.2. The van der Waals surface area contributed by atoms with Crippen LogP contribution in [0, 0.1) is 0 Å². The summed E-state index contributed by atoms with van der Waals surface area (Å²) in [6.45, 7) is 3.73. The van der Waals surface area contributed by atoms with Gasteiger partial charge in [-0.3, -0.25) is 9.89 Å². The van der Waals surface area contributed by atoms with E-state index in [1.807, 2.05) is 12.1 Å². The molecule has 2 aromatic rings. The van der Waals surface area contributed by atoms with E-state index < -0.39 is 9.84 Å². The first-order valence-electron chi connectivity index (χ1n) is 9.96. The van der Waals surface area contributed by atoms with Crippen LogP contribution in [0.15, 0.2) is 64.5 Å². The van der Waals surface area contributed by atoms with Crippen LogP contribution in [0.2, 0.25) is 0 Å². The second-order valence-corrected chi connectivity index (χ2v) is 9.54. The van der Waals surface area contributed by atoms with Crippen molar-refractivity contribution in [3.05, 3.63) is 65.7 Å². The van der Waals surface area contributed by atoms with Gasteiger partial charge in [0, 0.05) is 45.5 Å². The van der Waals surface area contributed by atoms with Gasteiger partial charge in [0.25, 0.3) is 0 Å². The Balaban J connectivity index is 1.44. The molecule has 2 N–H and O–H groups in total. The lowest BCUT2D eigenvalue weighted by Crippen LogP contribution is -2.48. The van der Waals surface area contributed by atoms with Crippen LogP contribution in [-0.4, -0.2) is 51.7 Å². The molecule has 1 saturated heterocycles. The maximum absolute atomic E-state index is 11.6. The standard InChI is InChI=1S/C22H30N4O2S/c1-23-22(24-16-18-8-10-21(11-9-18)29(2,27)28)25-20-12-14-26(15-13-20)17-19-6-4-3-5-7-19/h3-11,20H,12-17H2,1-2H3,(H2,23,24,25). The molecule has 0 bridgehead atoms. The molecule has 0 aliphatic carbocycles. The SMILES string of the molecule is CN=C(NCc1ccc(S(C)(=O)=O)cc1)NC1CCN(Cc2ccccc2)CC1. The van der Waals surface area contributed by atoms with Crippen molar-refractivity contribution in [2.75, 3.05) is 26.4 Å². The van der Waals surface area contributed by atoms with Gasteiger partial charge >= 0.3 is 0 Å². The molecule has 1 aliphatic rings. The number of nitrogens with one attached hydrogen (secondary N) is 2. The Bertz CT molecular complexity index is 904. The largest absolute Gasteiger partial charge is 0.354 e. The zero-order valence-electron chi connectivity index (χ0n) is 17.1. The molecule has 2 aromatic carbocycles. The molecule has 3 rings (SSSR count). The smallest absolute Gasteiger partial charge is 0.191 e. The van der Waals surface area contributed by atoms with Crippen LogP contribution in [0.4, 0.5) is 0 Å². The van der Waals surface area contributed by atoms with Crippen molar-refractivity contribution in [2.24, 2.45) is 4.99 Å². The number of rotatable bonds is 6. The van der Waals surface area contributed by atoms with Crippen LogP contribution < -0.4 is 10.6 Å². The first-order chi connectivity index (χ1) is 13.9. The highest BCUT2D eigenvalue weighted by Gasteiger charge is 2.20. The summed E-state index contributed by atoms with van der Waals surface area (Å²) in [5, 5.41) is 6.83. The number of hydrogen-bond acceptors (Lipinski definition) is 4. The lowest BCUT2D eigenvalue weighted by Gasteiger charge is -2.33. The van der Waals surface area contributed by atoms with Crippen molar-refractivity contribution in [2.45, 2.75) is 36.9 Å². The molecular weight excluding hydrogens is 384 g/mol.